The van der Waals surface area contributed by atoms with E-state index in [0.717, 1.165) is 15.0 Å². The molecule has 1 nitrogen and oxygen atoms in total. The minimum atomic E-state index is 0.725. The van der Waals surface area contributed by atoms with Gasteiger partial charge in [0.25, 0.3) is 0 Å². The number of fused-ring (bicyclic) bond motifs is 2. The number of aryl methyl sites for hydroxylation is 1. The van der Waals surface area contributed by atoms with Crippen molar-refractivity contribution < 1.29 is 0 Å². The summed E-state index contributed by atoms with van der Waals surface area (Å²) >= 11 is 0.725. The predicted molar refractivity (Wildman–Crippen MR) is 55.4 cm³/mol. The third kappa shape index (κ3) is 1.13. The Bertz CT molecular complexity index is 381. The van der Waals surface area contributed by atoms with Crippen LogP contribution in [0.3, 0.4) is 0 Å². The monoisotopic (exact) mass is 237 g/mol. The molecule has 0 saturated heterocycles. The summed E-state index contributed by atoms with van der Waals surface area (Å²) in [6, 6.07) is 8.79. The second-order valence-corrected chi connectivity index (χ2v) is 5.67. The Morgan fingerprint density at radius 3 is 3.08 bits per heavy atom. The maximum absolute atomic E-state index is 3.52. The fourth-order valence-corrected chi connectivity index (χ4v) is 4.06. The Morgan fingerprint density at radius 2 is 2.08 bits per heavy atom. The van der Waals surface area contributed by atoms with Gasteiger partial charge in [-0.2, -0.15) is 0 Å². The summed E-state index contributed by atoms with van der Waals surface area (Å²) in [5.74, 6) is 0. The quantitative estimate of drug-likeness (QED) is 0.674. The fraction of sp³-hybridized carbons (Fsp3) is 0.273. The number of rotatable bonds is 0. The molecule has 0 atom stereocenters. The van der Waals surface area contributed by atoms with Crippen molar-refractivity contribution in [1.82, 2.24) is 5.32 Å². The first kappa shape index (κ1) is 7.66. The van der Waals surface area contributed by atoms with E-state index < -0.39 is 0 Å². The van der Waals surface area contributed by atoms with E-state index in [-0.39, 0.29) is 0 Å². The molecule has 1 aliphatic carbocycles. The molecule has 0 amide bonds. The van der Waals surface area contributed by atoms with Crippen LogP contribution < -0.4 is 5.32 Å². The summed E-state index contributed by atoms with van der Waals surface area (Å²) in [6.45, 7) is 0. The van der Waals surface area contributed by atoms with Gasteiger partial charge in [0.1, 0.15) is 0 Å². The molecular weight excluding hydrogens is 225 g/mol. The Balaban J connectivity index is 2.18. The maximum atomic E-state index is 3.52. The Kier molecular flexibility index (Phi) is 1.71. The van der Waals surface area contributed by atoms with Gasteiger partial charge in [0, 0.05) is 0 Å². The molecular formula is C11H11NSe. The first-order valence-electron chi connectivity index (χ1n) is 4.63. The van der Waals surface area contributed by atoms with E-state index in [1.54, 1.807) is 4.47 Å². The number of nitrogens with one attached hydrogen (secondary N) is 1. The van der Waals surface area contributed by atoms with E-state index in [1.165, 1.54) is 35.1 Å². The van der Waals surface area contributed by atoms with Gasteiger partial charge in [0.2, 0.25) is 0 Å². The van der Waals surface area contributed by atoms with Crippen LogP contribution in [-0.4, -0.2) is 20.4 Å². The molecule has 1 aromatic carbocycles. The molecule has 0 spiro atoms. The van der Waals surface area contributed by atoms with Crippen LogP contribution in [0.4, 0.5) is 0 Å². The van der Waals surface area contributed by atoms with Gasteiger partial charge in [0.15, 0.2) is 0 Å². The van der Waals surface area contributed by atoms with Crippen LogP contribution in [0.1, 0.15) is 17.5 Å². The third-order valence-electron chi connectivity index (χ3n) is 2.68. The van der Waals surface area contributed by atoms with Crippen molar-refractivity contribution in [2.24, 2.45) is 0 Å². The molecule has 2 heteroatoms. The van der Waals surface area contributed by atoms with Crippen LogP contribution in [0.2, 0.25) is 0 Å². The van der Waals surface area contributed by atoms with Crippen molar-refractivity contribution in [2.45, 2.75) is 12.8 Å². The van der Waals surface area contributed by atoms with Gasteiger partial charge in [-0.1, -0.05) is 0 Å². The van der Waals surface area contributed by atoms with Crippen molar-refractivity contribution in [1.29, 1.82) is 0 Å². The first-order chi connectivity index (χ1) is 6.45. The van der Waals surface area contributed by atoms with Gasteiger partial charge >= 0.3 is 84.1 Å². The summed E-state index contributed by atoms with van der Waals surface area (Å²) in [7, 11) is 0. The van der Waals surface area contributed by atoms with Crippen molar-refractivity contribution >= 4 is 20.7 Å². The molecule has 13 heavy (non-hydrogen) atoms. The summed E-state index contributed by atoms with van der Waals surface area (Å²) < 4.78 is 1.70. The van der Waals surface area contributed by atoms with E-state index in [9.17, 15) is 0 Å². The average Bonchev–Trinajstić information content (AvgIpc) is 2.65. The summed E-state index contributed by atoms with van der Waals surface area (Å²) in [6.07, 6.45) is 2.54. The number of benzene rings is 1. The zero-order valence-electron chi connectivity index (χ0n) is 7.34. The van der Waals surface area contributed by atoms with E-state index in [0.29, 0.717) is 0 Å². The van der Waals surface area contributed by atoms with Gasteiger partial charge in [-0.15, -0.1) is 0 Å². The number of hydrogen-bond acceptors (Lipinski definition) is 1. The van der Waals surface area contributed by atoms with Crippen molar-refractivity contribution in [3.8, 4) is 0 Å². The van der Waals surface area contributed by atoms with Crippen molar-refractivity contribution in [3.63, 3.8) is 0 Å². The summed E-state index contributed by atoms with van der Waals surface area (Å²) in [5.41, 5.74) is 5.64. The van der Waals surface area contributed by atoms with Gasteiger partial charge in [-0.3, -0.25) is 0 Å². The molecule has 1 heterocycles. The standard InChI is InChI=1S/C11H11NSe/c1-2-4-9-8(3-1)5-6-10-11(9)12-7-13-10/h1-4,12H,5-7H2. The molecule has 0 unspecified atom stereocenters. The zero-order chi connectivity index (χ0) is 8.67. The molecule has 0 bridgehead atoms. The van der Waals surface area contributed by atoms with Crippen LogP contribution in [0.25, 0.3) is 5.70 Å². The summed E-state index contributed by atoms with van der Waals surface area (Å²) in [5, 5.41) is 3.52. The number of hydrogen-bond donors (Lipinski definition) is 1. The Morgan fingerprint density at radius 1 is 1.15 bits per heavy atom. The van der Waals surface area contributed by atoms with Gasteiger partial charge < -0.3 is 0 Å². The average molecular weight is 236 g/mol. The molecule has 0 fully saturated rings. The van der Waals surface area contributed by atoms with E-state index >= 15 is 0 Å². The minimum absolute atomic E-state index is 0.725. The van der Waals surface area contributed by atoms with Crippen LogP contribution in [0.5, 0.6) is 0 Å². The van der Waals surface area contributed by atoms with Crippen molar-refractivity contribution in [3.05, 3.63) is 39.9 Å². The van der Waals surface area contributed by atoms with E-state index in [2.05, 4.69) is 29.6 Å². The topological polar surface area (TPSA) is 12.0 Å². The van der Waals surface area contributed by atoms with E-state index in [1.807, 2.05) is 0 Å². The van der Waals surface area contributed by atoms with Crippen LogP contribution in [0.15, 0.2) is 28.7 Å². The van der Waals surface area contributed by atoms with Gasteiger partial charge in [-0.05, 0) is 0 Å². The second-order valence-electron chi connectivity index (χ2n) is 3.42. The molecule has 3 rings (SSSR count). The number of allylic oxidation sites excluding steroid dienone is 1. The first-order valence-corrected chi connectivity index (χ1v) is 6.70. The SMILES string of the molecule is c1ccc2c(c1)CCC1=C2NC[Se]1. The normalized spacial score (nSPS) is 19.4. The third-order valence-corrected chi connectivity index (χ3v) is 4.88. The molecule has 66 valence electrons. The Hall–Kier alpha value is -0.721. The molecule has 1 N–H and O–H groups in total. The molecule has 0 radical (unpaired) electrons. The van der Waals surface area contributed by atoms with Crippen LogP contribution >= 0.6 is 0 Å². The zero-order valence-corrected chi connectivity index (χ0v) is 9.05. The fourth-order valence-electron chi connectivity index (χ4n) is 2.04. The van der Waals surface area contributed by atoms with Crippen molar-refractivity contribution in [2.75, 3.05) is 5.44 Å². The molecule has 2 aliphatic rings. The second kappa shape index (κ2) is 2.90. The van der Waals surface area contributed by atoms with Gasteiger partial charge in [-0.25, -0.2) is 0 Å². The van der Waals surface area contributed by atoms with E-state index in [4.69, 9.17) is 0 Å². The molecule has 1 aromatic rings. The molecule has 1 aliphatic heterocycles. The molecule has 0 saturated carbocycles. The molecule has 0 aromatic heterocycles. The Labute approximate surface area is 84.4 Å². The predicted octanol–water partition coefficient (Wildman–Crippen LogP) is 1.57. The van der Waals surface area contributed by atoms with Crippen LogP contribution in [-0.2, 0) is 6.42 Å². The summed E-state index contributed by atoms with van der Waals surface area (Å²) in [4.78, 5) is 0. The van der Waals surface area contributed by atoms with Crippen LogP contribution in [0, 0.1) is 0 Å². The van der Waals surface area contributed by atoms with Gasteiger partial charge in [0.05, 0.1) is 0 Å².